The van der Waals surface area contributed by atoms with Crippen molar-refractivity contribution >= 4 is 17.3 Å². The van der Waals surface area contributed by atoms with E-state index in [-0.39, 0.29) is 11.9 Å². The fourth-order valence-electron chi connectivity index (χ4n) is 2.29. The summed E-state index contributed by atoms with van der Waals surface area (Å²) in [5, 5.41) is 4.27. The van der Waals surface area contributed by atoms with Crippen LogP contribution in [-0.2, 0) is 16.1 Å². The van der Waals surface area contributed by atoms with E-state index >= 15 is 0 Å². The van der Waals surface area contributed by atoms with Gasteiger partial charge in [-0.25, -0.2) is 0 Å². The molecule has 94 valence electrons. The normalized spacial score (nSPS) is 21.4. The van der Waals surface area contributed by atoms with E-state index in [0.717, 1.165) is 32.5 Å². The number of hydrogen-bond acceptors (Lipinski definition) is 4. The molecule has 2 heterocycles. The highest BCUT2D eigenvalue weighted by Crippen LogP contribution is 2.20. The number of likely N-dealkylation sites (tertiary alicyclic amines) is 1. The number of rotatable bonds is 4. The quantitative estimate of drug-likeness (QED) is 0.772. The van der Waals surface area contributed by atoms with Crippen LogP contribution in [0.3, 0.4) is 0 Å². The fraction of sp³-hybridized carbons (Fsp3) is 0.615. The predicted molar refractivity (Wildman–Crippen MR) is 69.0 cm³/mol. The summed E-state index contributed by atoms with van der Waals surface area (Å²) in [7, 11) is 0. The van der Waals surface area contributed by atoms with Crippen LogP contribution >= 0.6 is 11.3 Å². The van der Waals surface area contributed by atoms with Gasteiger partial charge in [-0.3, -0.25) is 9.69 Å². The molecule has 1 aliphatic rings. The minimum atomic E-state index is -0.0254. The molecule has 0 unspecified atom stereocenters. The Labute approximate surface area is 106 Å². The Bertz CT molecular complexity index is 350. The Morgan fingerprint density at radius 2 is 2.53 bits per heavy atom. The second-order valence-electron chi connectivity index (χ2n) is 4.46. The van der Waals surface area contributed by atoms with Gasteiger partial charge in [-0.2, -0.15) is 11.3 Å². The lowest BCUT2D eigenvalue weighted by atomic mass is 9.98. The standard InChI is InChI=1S/C13H19NO2S/c1-2-16-13(15)12-4-3-6-14(9-12)8-11-5-7-17-10-11/h5,7,10,12H,2-4,6,8-9H2,1H3/t12-/m1/s1. The zero-order valence-electron chi connectivity index (χ0n) is 10.2. The topological polar surface area (TPSA) is 29.5 Å². The first-order valence-corrected chi connectivity index (χ1v) is 7.14. The maximum absolute atomic E-state index is 11.7. The first-order valence-electron chi connectivity index (χ1n) is 6.19. The largest absolute Gasteiger partial charge is 0.466 e. The van der Waals surface area contributed by atoms with Crippen molar-refractivity contribution in [3.8, 4) is 0 Å². The second kappa shape index (κ2) is 6.17. The average molecular weight is 253 g/mol. The van der Waals surface area contributed by atoms with Crippen molar-refractivity contribution in [1.29, 1.82) is 0 Å². The molecule has 0 bridgehead atoms. The Morgan fingerprint density at radius 1 is 1.65 bits per heavy atom. The third-order valence-electron chi connectivity index (χ3n) is 3.11. The summed E-state index contributed by atoms with van der Waals surface area (Å²) in [4.78, 5) is 14.1. The van der Waals surface area contributed by atoms with Gasteiger partial charge in [0.15, 0.2) is 0 Å². The highest BCUT2D eigenvalue weighted by Gasteiger charge is 2.26. The van der Waals surface area contributed by atoms with Gasteiger partial charge >= 0.3 is 5.97 Å². The van der Waals surface area contributed by atoms with E-state index in [0.29, 0.717) is 6.61 Å². The molecule has 1 atom stereocenters. The molecule has 1 saturated heterocycles. The molecule has 0 spiro atoms. The molecular formula is C13H19NO2S. The molecule has 1 aromatic rings. The van der Waals surface area contributed by atoms with Gasteiger partial charge in [0.1, 0.15) is 0 Å². The van der Waals surface area contributed by atoms with Crippen LogP contribution < -0.4 is 0 Å². The van der Waals surface area contributed by atoms with Gasteiger partial charge in [-0.15, -0.1) is 0 Å². The lowest BCUT2D eigenvalue weighted by molar-refractivity contribution is -0.150. The van der Waals surface area contributed by atoms with Crippen LogP contribution in [-0.4, -0.2) is 30.6 Å². The Morgan fingerprint density at radius 3 is 3.24 bits per heavy atom. The Kier molecular flexibility index (Phi) is 4.57. The first-order chi connectivity index (χ1) is 8.29. The molecule has 3 nitrogen and oxygen atoms in total. The molecule has 4 heteroatoms. The lowest BCUT2D eigenvalue weighted by Crippen LogP contribution is -2.38. The molecule has 1 aliphatic heterocycles. The van der Waals surface area contributed by atoms with Gasteiger partial charge < -0.3 is 4.74 Å². The van der Waals surface area contributed by atoms with Crippen LogP contribution in [0, 0.1) is 5.92 Å². The van der Waals surface area contributed by atoms with Crippen LogP contribution in [0.15, 0.2) is 16.8 Å². The SMILES string of the molecule is CCOC(=O)[C@@H]1CCCN(Cc2ccsc2)C1. The van der Waals surface area contributed by atoms with E-state index in [4.69, 9.17) is 4.74 Å². The molecule has 0 N–H and O–H groups in total. The number of carbonyl (C=O) groups is 1. The van der Waals surface area contributed by atoms with Gasteiger partial charge in [0.2, 0.25) is 0 Å². The third-order valence-corrected chi connectivity index (χ3v) is 3.84. The number of ether oxygens (including phenoxy) is 1. The second-order valence-corrected chi connectivity index (χ2v) is 5.24. The molecular weight excluding hydrogens is 234 g/mol. The molecule has 17 heavy (non-hydrogen) atoms. The van der Waals surface area contributed by atoms with E-state index < -0.39 is 0 Å². The minimum absolute atomic E-state index is 0.0254. The van der Waals surface area contributed by atoms with E-state index in [1.807, 2.05) is 6.92 Å². The zero-order chi connectivity index (χ0) is 12.1. The van der Waals surface area contributed by atoms with Gasteiger partial charge in [0.25, 0.3) is 0 Å². The number of nitrogens with zero attached hydrogens (tertiary/aromatic N) is 1. The van der Waals surface area contributed by atoms with E-state index in [1.54, 1.807) is 11.3 Å². The van der Waals surface area contributed by atoms with Crippen LogP contribution in [0.4, 0.5) is 0 Å². The first kappa shape index (κ1) is 12.6. The number of carbonyl (C=O) groups excluding carboxylic acids is 1. The monoisotopic (exact) mass is 253 g/mol. The molecule has 0 aliphatic carbocycles. The maximum atomic E-state index is 11.7. The lowest BCUT2D eigenvalue weighted by Gasteiger charge is -2.31. The van der Waals surface area contributed by atoms with Crippen molar-refractivity contribution in [3.63, 3.8) is 0 Å². The summed E-state index contributed by atoms with van der Waals surface area (Å²) in [5.74, 6) is 0.0462. The van der Waals surface area contributed by atoms with Crippen LogP contribution in [0.1, 0.15) is 25.3 Å². The molecule has 0 amide bonds. The summed E-state index contributed by atoms with van der Waals surface area (Å²) < 4.78 is 5.10. The van der Waals surface area contributed by atoms with Crippen molar-refractivity contribution < 1.29 is 9.53 Å². The molecule has 1 fully saturated rings. The minimum Gasteiger partial charge on any atom is -0.466 e. The van der Waals surface area contributed by atoms with E-state index in [2.05, 4.69) is 21.7 Å². The van der Waals surface area contributed by atoms with Crippen molar-refractivity contribution in [1.82, 2.24) is 4.90 Å². The van der Waals surface area contributed by atoms with Crippen LogP contribution in [0.25, 0.3) is 0 Å². The number of esters is 1. The Balaban J connectivity index is 1.86. The maximum Gasteiger partial charge on any atom is 0.310 e. The van der Waals surface area contributed by atoms with Gasteiger partial charge in [0.05, 0.1) is 12.5 Å². The number of hydrogen-bond donors (Lipinski definition) is 0. The van der Waals surface area contributed by atoms with Crippen LogP contribution in [0.5, 0.6) is 0 Å². The number of piperidine rings is 1. The fourth-order valence-corrected chi connectivity index (χ4v) is 2.95. The van der Waals surface area contributed by atoms with Crippen LogP contribution in [0.2, 0.25) is 0 Å². The van der Waals surface area contributed by atoms with Crippen molar-refractivity contribution in [2.45, 2.75) is 26.3 Å². The predicted octanol–water partition coefficient (Wildman–Crippen LogP) is 2.52. The van der Waals surface area contributed by atoms with Gasteiger partial charge in [-0.05, 0) is 48.7 Å². The summed E-state index contributed by atoms with van der Waals surface area (Å²) >= 11 is 1.73. The van der Waals surface area contributed by atoms with E-state index in [9.17, 15) is 4.79 Å². The molecule has 0 radical (unpaired) electrons. The van der Waals surface area contributed by atoms with Crippen molar-refractivity contribution in [3.05, 3.63) is 22.4 Å². The summed E-state index contributed by atoms with van der Waals surface area (Å²) in [5.41, 5.74) is 1.35. The smallest absolute Gasteiger partial charge is 0.310 e. The van der Waals surface area contributed by atoms with Gasteiger partial charge in [0, 0.05) is 13.1 Å². The summed E-state index contributed by atoms with van der Waals surface area (Å²) in [6, 6.07) is 2.15. The van der Waals surface area contributed by atoms with Crippen molar-refractivity contribution in [2.75, 3.05) is 19.7 Å². The average Bonchev–Trinajstić information content (AvgIpc) is 2.82. The summed E-state index contributed by atoms with van der Waals surface area (Å²) in [6.07, 6.45) is 2.06. The zero-order valence-corrected chi connectivity index (χ0v) is 11.0. The molecule has 1 aromatic heterocycles. The Hall–Kier alpha value is -0.870. The summed E-state index contributed by atoms with van der Waals surface area (Å²) in [6.45, 7) is 5.24. The highest BCUT2D eigenvalue weighted by atomic mass is 32.1. The molecule has 0 saturated carbocycles. The number of thiophene rings is 1. The van der Waals surface area contributed by atoms with E-state index in [1.165, 1.54) is 5.56 Å². The molecule has 2 rings (SSSR count). The van der Waals surface area contributed by atoms with Crippen molar-refractivity contribution in [2.24, 2.45) is 5.92 Å². The molecule has 0 aromatic carbocycles. The highest BCUT2D eigenvalue weighted by molar-refractivity contribution is 7.07. The third kappa shape index (κ3) is 3.54. The van der Waals surface area contributed by atoms with Gasteiger partial charge in [-0.1, -0.05) is 0 Å².